The molecule has 0 aliphatic heterocycles. The van der Waals surface area contributed by atoms with Gasteiger partial charge in [-0.05, 0) is 47.1 Å². The molecule has 0 saturated carbocycles. The van der Waals surface area contributed by atoms with E-state index in [1.165, 1.54) is 31.0 Å². The first kappa shape index (κ1) is 24.8. The summed E-state index contributed by atoms with van der Waals surface area (Å²) in [6.45, 7) is 10.9. The van der Waals surface area contributed by atoms with Crippen LogP contribution in [0, 0.1) is 15.5 Å². The first-order valence-corrected chi connectivity index (χ1v) is 10.3. The van der Waals surface area contributed by atoms with Crippen molar-refractivity contribution in [3.05, 3.63) is 63.7 Å². The van der Waals surface area contributed by atoms with E-state index in [0.717, 1.165) is 6.42 Å². The van der Waals surface area contributed by atoms with Gasteiger partial charge in [-0.3, -0.25) is 14.9 Å². The Labute approximate surface area is 188 Å². The highest BCUT2D eigenvalue weighted by Gasteiger charge is 2.27. The number of hydrogen-bond donors (Lipinski definition) is 1. The fraction of sp³-hybridized carbons (Fsp3) is 0.417. The molecule has 2 rings (SSSR count). The molecule has 0 aliphatic rings. The van der Waals surface area contributed by atoms with Crippen LogP contribution in [0.15, 0.2) is 47.6 Å². The molecule has 1 N–H and O–H groups in total. The third-order valence-electron chi connectivity index (χ3n) is 4.78. The molecular weight excluding hydrogens is 410 g/mol. The summed E-state index contributed by atoms with van der Waals surface area (Å²) < 4.78 is 10.5. The van der Waals surface area contributed by atoms with Gasteiger partial charge in [0.2, 0.25) is 0 Å². The number of benzene rings is 2. The Bertz CT molecular complexity index is 976. The molecule has 0 aliphatic carbocycles. The van der Waals surface area contributed by atoms with Crippen molar-refractivity contribution in [3.63, 3.8) is 0 Å². The highest BCUT2D eigenvalue weighted by atomic mass is 16.6. The van der Waals surface area contributed by atoms with Crippen LogP contribution in [0.1, 0.15) is 52.2 Å². The number of nitro benzene ring substituents is 1. The minimum absolute atomic E-state index is 0.0272. The van der Waals surface area contributed by atoms with Gasteiger partial charge in [-0.25, -0.2) is 5.43 Å². The molecule has 2 aromatic carbocycles. The molecule has 0 atom stereocenters. The van der Waals surface area contributed by atoms with Crippen LogP contribution in [-0.4, -0.2) is 30.8 Å². The summed E-state index contributed by atoms with van der Waals surface area (Å²) in [5.41, 5.74) is 4.07. The minimum atomic E-state index is -0.544. The molecule has 0 fully saturated rings. The molecule has 8 heteroatoms. The van der Waals surface area contributed by atoms with Crippen molar-refractivity contribution in [2.24, 2.45) is 10.5 Å². The second kappa shape index (κ2) is 10.3. The topological polar surface area (TPSA) is 103 Å². The number of ether oxygens (including phenoxy) is 2. The second-order valence-corrected chi connectivity index (χ2v) is 9.42. The molecule has 0 saturated heterocycles. The molecule has 1 amide bonds. The van der Waals surface area contributed by atoms with Crippen LogP contribution in [0.4, 0.5) is 5.69 Å². The predicted molar refractivity (Wildman–Crippen MR) is 124 cm³/mol. The molecule has 32 heavy (non-hydrogen) atoms. The zero-order chi connectivity index (χ0) is 23.9. The number of methoxy groups -OCH3 is 1. The molecule has 0 bridgehead atoms. The third-order valence-corrected chi connectivity index (χ3v) is 4.78. The van der Waals surface area contributed by atoms with Gasteiger partial charge in [0.25, 0.3) is 5.91 Å². The minimum Gasteiger partial charge on any atom is -0.490 e. The third kappa shape index (κ3) is 7.37. The maximum atomic E-state index is 12.0. The van der Waals surface area contributed by atoms with Crippen LogP contribution in [-0.2, 0) is 10.2 Å². The van der Waals surface area contributed by atoms with Crippen molar-refractivity contribution >= 4 is 17.8 Å². The fourth-order valence-corrected chi connectivity index (χ4v) is 3.72. The molecule has 0 unspecified atom stereocenters. The first-order chi connectivity index (χ1) is 14.9. The van der Waals surface area contributed by atoms with E-state index in [9.17, 15) is 14.9 Å². The van der Waals surface area contributed by atoms with Crippen LogP contribution in [0.5, 0.6) is 11.5 Å². The summed E-state index contributed by atoms with van der Waals surface area (Å²) >= 11 is 0. The van der Waals surface area contributed by atoms with Gasteiger partial charge in [0.05, 0.1) is 18.2 Å². The molecule has 172 valence electrons. The van der Waals surface area contributed by atoms with Gasteiger partial charge in [0.15, 0.2) is 12.4 Å². The van der Waals surface area contributed by atoms with Gasteiger partial charge in [-0.2, -0.15) is 5.10 Å². The van der Waals surface area contributed by atoms with Gasteiger partial charge < -0.3 is 9.47 Å². The van der Waals surface area contributed by atoms with Crippen LogP contribution in [0.3, 0.4) is 0 Å². The van der Waals surface area contributed by atoms with E-state index in [1.54, 1.807) is 6.07 Å². The van der Waals surface area contributed by atoms with Crippen molar-refractivity contribution in [2.45, 2.75) is 46.5 Å². The Morgan fingerprint density at radius 2 is 1.78 bits per heavy atom. The zero-order valence-corrected chi connectivity index (χ0v) is 19.5. The van der Waals surface area contributed by atoms with Crippen molar-refractivity contribution in [1.82, 2.24) is 5.43 Å². The summed E-state index contributed by atoms with van der Waals surface area (Å²) in [5.74, 6) is 0.295. The predicted octanol–water partition coefficient (Wildman–Crippen LogP) is 4.85. The number of carbonyl (C=O) groups excluding carboxylic acids is 1. The number of rotatable bonds is 9. The van der Waals surface area contributed by atoms with E-state index in [0.29, 0.717) is 11.3 Å². The second-order valence-electron chi connectivity index (χ2n) is 9.42. The van der Waals surface area contributed by atoms with E-state index in [-0.39, 0.29) is 28.9 Å². The molecular formula is C24H31N3O5. The molecule has 0 heterocycles. The summed E-state index contributed by atoms with van der Waals surface area (Å²) in [6.07, 6.45) is 2.36. The van der Waals surface area contributed by atoms with Gasteiger partial charge in [0.1, 0.15) is 5.75 Å². The molecule has 2 aromatic rings. The number of hydrazone groups is 1. The molecule has 0 spiro atoms. The van der Waals surface area contributed by atoms with Gasteiger partial charge in [-0.15, -0.1) is 0 Å². The van der Waals surface area contributed by atoms with Crippen molar-refractivity contribution < 1.29 is 19.2 Å². The van der Waals surface area contributed by atoms with Crippen molar-refractivity contribution in [2.75, 3.05) is 13.7 Å². The lowest BCUT2D eigenvalue weighted by atomic mass is 9.72. The Hall–Kier alpha value is -3.42. The summed E-state index contributed by atoms with van der Waals surface area (Å²) in [7, 11) is 1.36. The van der Waals surface area contributed by atoms with Gasteiger partial charge >= 0.3 is 5.69 Å². The average Bonchev–Trinajstić information content (AvgIpc) is 2.70. The van der Waals surface area contributed by atoms with E-state index in [1.807, 2.05) is 24.3 Å². The van der Waals surface area contributed by atoms with E-state index < -0.39 is 10.8 Å². The Kier molecular flexibility index (Phi) is 7.97. The lowest BCUT2D eigenvalue weighted by Gasteiger charge is -2.33. The van der Waals surface area contributed by atoms with Crippen LogP contribution >= 0.6 is 0 Å². The fourth-order valence-electron chi connectivity index (χ4n) is 3.72. The van der Waals surface area contributed by atoms with Gasteiger partial charge in [0, 0.05) is 11.6 Å². The standard InChI is InChI=1S/C24H31N3O5/c1-23(2,3)16-24(4,5)18-8-10-19(11-9-18)32-15-22(28)26-25-14-17-7-12-21(31-6)20(13-17)27(29)30/h7-14H,15-16H2,1-6H3,(H,26,28)/b25-14-. The number of amides is 1. The highest BCUT2D eigenvalue weighted by molar-refractivity contribution is 5.84. The molecule has 8 nitrogen and oxygen atoms in total. The summed E-state index contributed by atoms with van der Waals surface area (Å²) in [4.78, 5) is 22.5. The van der Waals surface area contributed by atoms with Crippen molar-refractivity contribution in [1.29, 1.82) is 0 Å². The number of nitro groups is 1. The normalized spacial score (nSPS) is 11.9. The lowest BCUT2D eigenvalue weighted by molar-refractivity contribution is -0.385. The average molecular weight is 442 g/mol. The molecule has 0 radical (unpaired) electrons. The Morgan fingerprint density at radius 1 is 1.12 bits per heavy atom. The molecule has 0 aromatic heterocycles. The maximum Gasteiger partial charge on any atom is 0.311 e. The zero-order valence-electron chi connectivity index (χ0n) is 19.5. The van der Waals surface area contributed by atoms with Crippen LogP contribution < -0.4 is 14.9 Å². The van der Waals surface area contributed by atoms with Crippen LogP contribution in [0.2, 0.25) is 0 Å². The monoisotopic (exact) mass is 441 g/mol. The van der Waals surface area contributed by atoms with Crippen molar-refractivity contribution in [3.8, 4) is 11.5 Å². The van der Waals surface area contributed by atoms with Crippen LogP contribution in [0.25, 0.3) is 0 Å². The highest BCUT2D eigenvalue weighted by Crippen LogP contribution is 2.36. The lowest BCUT2D eigenvalue weighted by Crippen LogP contribution is -2.25. The van der Waals surface area contributed by atoms with Gasteiger partial charge in [-0.1, -0.05) is 46.8 Å². The van der Waals surface area contributed by atoms with E-state index >= 15 is 0 Å². The number of carbonyl (C=O) groups is 1. The van der Waals surface area contributed by atoms with E-state index in [2.05, 4.69) is 45.1 Å². The quantitative estimate of drug-likeness (QED) is 0.340. The number of hydrogen-bond acceptors (Lipinski definition) is 6. The number of nitrogens with zero attached hydrogens (tertiary/aromatic N) is 2. The smallest absolute Gasteiger partial charge is 0.311 e. The Balaban J connectivity index is 1.89. The summed E-state index contributed by atoms with van der Waals surface area (Å²) in [5, 5.41) is 14.9. The van der Waals surface area contributed by atoms with E-state index in [4.69, 9.17) is 9.47 Å². The Morgan fingerprint density at radius 3 is 2.34 bits per heavy atom. The SMILES string of the molecule is COc1ccc(/C=N\NC(=O)COc2ccc(C(C)(C)CC(C)(C)C)cc2)cc1[N+](=O)[O-]. The summed E-state index contributed by atoms with van der Waals surface area (Å²) in [6, 6.07) is 12.1. The maximum absolute atomic E-state index is 12.0. The number of nitrogens with one attached hydrogen (secondary N) is 1. The largest absolute Gasteiger partial charge is 0.490 e. The first-order valence-electron chi connectivity index (χ1n) is 10.3.